The molecule has 0 N–H and O–H groups in total. The van der Waals surface area contributed by atoms with Crippen molar-refractivity contribution in [2.24, 2.45) is 5.92 Å². The van der Waals surface area contributed by atoms with Crippen molar-refractivity contribution in [1.82, 2.24) is 0 Å². The third-order valence-corrected chi connectivity index (χ3v) is 1.07. The SMILES string of the molecule is C#CC(C)CCC([O])=O. The van der Waals surface area contributed by atoms with Crippen LogP contribution in [-0.2, 0) is 9.90 Å². The van der Waals surface area contributed by atoms with Crippen LogP contribution in [0, 0.1) is 18.3 Å². The fraction of sp³-hybridized carbons (Fsp3) is 0.571. The lowest BCUT2D eigenvalue weighted by molar-refractivity contribution is -0.143. The van der Waals surface area contributed by atoms with Gasteiger partial charge < -0.3 is 0 Å². The summed E-state index contributed by atoms with van der Waals surface area (Å²) in [5.74, 6) is 1.44. The third-order valence-electron chi connectivity index (χ3n) is 1.07. The Labute approximate surface area is 54.9 Å². The van der Waals surface area contributed by atoms with E-state index in [4.69, 9.17) is 6.42 Å². The largest absolute Gasteiger partial charge is 0.355 e. The lowest BCUT2D eigenvalue weighted by atomic mass is 10.1. The topological polar surface area (TPSA) is 37.0 Å². The van der Waals surface area contributed by atoms with E-state index in [1.54, 1.807) is 0 Å². The summed E-state index contributed by atoms with van der Waals surface area (Å²) in [5.41, 5.74) is 0. The number of terminal acetylenes is 1. The second kappa shape index (κ2) is 3.96. The minimum absolute atomic E-state index is 0.0444. The predicted molar refractivity (Wildman–Crippen MR) is 32.9 cm³/mol. The lowest BCUT2D eigenvalue weighted by Gasteiger charge is -1.96. The summed E-state index contributed by atoms with van der Waals surface area (Å²) in [6, 6.07) is 0. The molecule has 0 aromatic rings. The standard InChI is InChI=1S/C7H9O2/c1-3-6(2)4-5-7(8)9/h1,6H,4-5H2,2H3. The Balaban J connectivity index is 3.30. The molecule has 0 rings (SSSR count). The molecule has 0 amide bonds. The molecule has 0 fully saturated rings. The minimum Gasteiger partial charge on any atom is -0.247 e. The Morgan fingerprint density at radius 3 is 2.67 bits per heavy atom. The Kier molecular flexibility index (Phi) is 3.54. The highest BCUT2D eigenvalue weighted by Crippen LogP contribution is 2.02. The molecule has 0 aliphatic carbocycles. The Hall–Kier alpha value is -0.970. The van der Waals surface area contributed by atoms with Crippen LogP contribution < -0.4 is 0 Å². The van der Waals surface area contributed by atoms with E-state index in [-0.39, 0.29) is 12.3 Å². The maximum atomic E-state index is 9.84. The molecule has 0 aliphatic rings. The predicted octanol–water partition coefficient (Wildman–Crippen LogP) is 0.993. The van der Waals surface area contributed by atoms with E-state index >= 15 is 0 Å². The van der Waals surface area contributed by atoms with E-state index in [1.807, 2.05) is 6.92 Å². The maximum Gasteiger partial charge on any atom is 0.355 e. The molecule has 0 heterocycles. The van der Waals surface area contributed by atoms with Gasteiger partial charge in [-0.1, -0.05) is 6.92 Å². The summed E-state index contributed by atoms with van der Waals surface area (Å²) in [6.45, 7) is 1.81. The van der Waals surface area contributed by atoms with E-state index in [0.29, 0.717) is 6.42 Å². The summed E-state index contributed by atoms with van der Waals surface area (Å²) >= 11 is 0. The van der Waals surface area contributed by atoms with Gasteiger partial charge >= 0.3 is 5.97 Å². The summed E-state index contributed by atoms with van der Waals surface area (Å²) in [4.78, 5) is 9.84. The lowest BCUT2D eigenvalue weighted by Crippen LogP contribution is -1.96. The summed E-state index contributed by atoms with van der Waals surface area (Å²) in [7, 11) is 0. The number of rotatable bonds is 3. The van der Waals surface area contributed by atoms with Gasteiger partial charge in [0.05, 0.1) is 6.42 Å². The van der Waals surface area contributed by atoms with Gasteiger partial charge in [0.25, 0.3) is 0 Å². The van der Waals surface area contributed by atoms with Gasteiger partial charge in [-0.15, -0.1) is 12.3 Å². The van der Waals surface area contributed by atoms with E-state index in [0.717, 1.165) is 0 Å². The van der Waals surface area contributed by atoms with E-state index in [2.05, 4.69) is 5.92 Å². The van der Waals surface area contributed by atoms with Crippen LogP contribution in [0.4, 0.5) is 0 Å². The highest BCUT2D eigenvalue weighted by Gasteiger charge is 2.02. The first-order valence-corrected chi connectivity index (χ1v) is 2.82. The van der Waals surface area contributed by atoms with Crippen molar-refractivity contribution < 1.29 is 9.90 Å². The van der Waals surface area contributed by atoms with Crippen molar-refractivity contribution >= 4 is 5.97 Å². The number of carbonyl (C=O) groups excluding carboxylic acids is 1. The molecular weight excluding hydrogens is 116 g/mol. The van der Waals surface area contributed by atoms with Crippen LogP contribution in [0.2, 0.25) is 0 Å². The first-order chi connectivity index (χ1) is 4.16. The number of carbonyl (C=O) groups is 1. The molecule has 0 aromatic carbocycles. The van der Waals surface area contributed by atoms with Crippen LogP contribution >= 0.6 is 0 Å². The van der Waals surface area contributed by atoms with Crippen molar-refractivity contribution in [2.45, 2.75) is 19.8 Å². The molecule has 0 aliphatic heterocycles. The average Bonchev–Trinajstić information content (AvgIpc) is 1.83. The van der Waals surface area contributed by atoms with Gasteiger partial charge in [-0.3, -0.25) is 0 Å². The average molecular weight is 125 g/mol. The van der Waals surface area contributed by atoms with E-state index in [1.165, 1.54) is 0 Å². The van der Waals surface area contributed by atoms with E-state index < -0.39 is 5.97 Å². The first-order valence-electron chi connectivity index (χ1n) is 2.82. The maximum absolute atomic E-state index is 9.84. The molecule has 49 valence electrons. The second-order valence-corrected chi connectivity index (χ2v) is 1.98. The fourth-order valence-corrected chi connectivity index (χ4v) is 0.418. The van der Waals surface area contributed by atoms with Crippen LogP contribution in [-0.4, -0.2) is 5.97 Å². The van der Waals surface area contributed by atoms with Crippen molar-refractivity contribution in [2.75, 3.05) is 0 Å². The zero-order valence-electron chi connectivity index (χ0n) is 5.39. The van der Waals surface area contributed by atoms with Gasteiger partial charge in [0, 0.05) is 5.92 Å². The van der Waals surface area contributed by atoms with Crippen molar-refractivity contribution in [3.8, 4) is 12.3 Å². The minimum atomic E-state index is -1.03. The monoisotopic (exact) mass is 125 g/mol. The Bertz CT molecular complexity index is 132. The van der Waals surface area contributed by atoms with Crippen LogP contribution in [0.1, 0.15) is 19.8 Å². The van der Waals surface area contributed by atoms with Gasteiger partial charge in [0.15, 0.2) is 0 Å². The molecule has 1 radical (unpaired) electrons. The summed E-state index contributed by atoms with van der Waals surface area (Å²) in [5, 5.41) is 9.84. The Morgan fingerprint density at radius 1 is 1.78 bits per heavy atom. The molecule has 2 nitrogen and oxygen atoms in total. The quantitative estimate of drug-likeness (QED) is 0.518. The molecule has 0 spiro atoms. The van der Waals surface area contributed by atoms with Gasteiger partial charge in [-0.2, -0.15) is 0 Å². The van der Waals surface area contributed by atoms with Gasteiger partial charge in [-0.05, 0) is 6.42 Å². The van der Waals surface area contributed by atoms with Crippen molar-refractivity contribution in [3.63, 3.8) is 0 Å². The molecule has 1 atom stereocenters. The summed E-state index contributed by atoms with van der Waals surface area (Å²) < 4.78 is 0. The zero-order chi connectivity index (χ0) is 7.28. The molecule has 9 heavy (non-hydrogen) atoms. The number of hydrogen-bond donors (Lipinski definition) is 0. The second-order valence-electron chi connectivity index (χ2n) is 1.98. The van der Waals surface area contributed by atoms with Crippen molar-refractivity contribution in [1.29, 1.82) is 0 Å². The summed E-state index contributed by atoms with van der Waals surface area (Å²) in [6.07, 6.45) is 5.57. The molecule has 0 saturated carbocycles. The molecule has 0 bridgehead atoms. The first kappa shape index (κ1) is 8.03. The van der Waals surface area contributed by atoms with Crippen molar-refractivity contribution in [3.05, 3.63) is 0 Å². The normalized spacial score (nSPS) is 12.0. The molecular formula is C7H9O2. The smallest absolute Gasteiger partial charge is 0.247 e. The molecule has 0 aromatic heterocycles. The third kappa shape index (κ3) is 4.89. The molecule has 2 heteroatoms. The van der Waals surface area contributed by atoms with Crippen LogP contribution in [0.15, 0.2) is 0 Å². The zero-order valence-corrected chi connectivity index (χ0v) is 5.39. The highest BCUT2D eigenvalue weighted by atomic mass is 16.4. The van der Waals surface area contributed by atoms with Crippen LogP contribution in [0.3, 0.4) is 0 Å². The van der Waals surface area contributed by atoms with Gasteiger partial charge in [0.1, 0.15) is 0 Å². The van der Waals surface area contributed by atoms with Crippen LogP contribution in [0.25, 0.3) is 0 Å². The molecule has 0 saturated heterocycles. The number of hydrogen-bond acceptors (Lipinski definition) is 1. The van der Waals surface area contributed by atoms with Crippen LogP contribution in [0.5, 0.6) is 0 Å². The fourth-order valence-electron chi connectivity index (χ4n) is 0.418. The highest BCUT2D eigenvalue weighted by molar-refractivity contribution is 5.66. The van der Waals surface area contributed by atoms with E-state index in [9.17, 15) is 9.90 Å². The molecule has 1 unspecified atom stereocenters. The van der Waals surface area contributed by atoms with Gasteiger partial charge in [-0.25, -0.2) is 9.90 Å². The Morgan fingerprint density at radius 2 is 2.33 bits per heavy atom. The van der Waals surface area contributed by atoms with Gasteiger partial charge in [0.2, 0.25) is 0 Å².